The molecule has 6 rings (SSSR count). The van der Waals surface area contributed by atoms with Crippen LogP contribution in [0.5, 0.6) is 5.75 Å². The van der Waals surface area contributed by atoms with E-state index in [2.05, 4.69) is 30.8 Å². The van der Waals surface area contributed by atoms with Gasteiger partial charge in [-0.1, -0.05) is 18.2 Å². The number of halogens is 3. The number of alkyl halides is 2. The molecule has 5 aromatic rings. The highest BCUT2D eigenvalue weighted by molar-refractivity contribution is 7.93. The molecule has 2 atom stereocenters. The summed E-state index contributed by atoms with van der Waals surface area (Å²) in [5.41, 5.74) is 11.0. The zero-order valence-electron chi connectivity index (χ0n) is 28.1. The molecule has 3 N–H and O–H groups in total. The lowest BCUT2D eigenvalue weighted by Crippen LogP contribution is -2.47. The molecular formula is C34H39F3N8O3S. The van der Waals surface area contributed by atoms with Gasteiger partial charge in [-0.25, -0.2) is 17.8 Å². The van der Waals surface area contributed by atoms with E-state index in [1.54, 1.807) is 24.9 Å². The number of hydrogen-bond donors (Lipinski definition) is 2. The molecule has 1 fully saturated rings. The van der Waals surface area contributed by atoms with Gasteiger partial charge >= 0.3 is 5.76 Å². The maximum absolute atomic E-state index is 13.6. The molecule has 0 aliphatic carbocycles. The van der Waals surface area contributed by atoms with Gasteiger partial charge in [0.2, 0.25) is 0 Å². The van der Waals surface area contributed by atoms with Crippen LogP contribution in [0.15, 0.2) is 54.9 Å². The van der Waals surface area contributed by atoms with Crippen LogP contribution in [0, 0.1) is 12.7 Å². The number of fused-ring (bicyclic) bond motifs is 1. The molecule has 0 radical (unpaired) electrons. The van der Waals surface area contributed by atoms with Crippen LogP contribution in [-0.4, -0.2) is 62.8 Å². The second-order valence-corrected chi connectivity index (χ2v) is 14.8. The third-order valence-electron chi connectivity index (χ3n) is 9.42. The van der Waals surface area contributed by atoms with Gasteiger partial charge in [-0.05, 0) is 77.4 Å². The van der Waals surface area contributed by atoms with Crippen LogP contribution >= 0.6 is 0 Å². The van der Waals surface area contributed by atoms with Crippen molar-refractivity contribution < 1.29 is 26.3 Å². The van der Waals surface area contributed by atoms with Crippen molar-refractivity contribution in [3.05, 3.63) is 71.9 Å². The first-order chi connectivity index (χ1) is 23.1. The van der Waals surface area contributed by atoms with E-state index in [1.165, 1.54) is 42.5 Å². The second-order valence-electron chi connectivity index (χ2n) is 13.2. The van der Waals surface area contributed by atoms with Gasteiger partial charge in [-0.15, -0.1) is 0 Å². The predicted molar refractivity (Wildman–Crippen MR) is 183 cm³/mol. The van der Waals surface area contributed by atoms with Crippen molar-refractivity contribution in [2.45, 2.75) is 64.0 Å². The molecule has 15 heteroatoms. The number of nitrogen functional groups attached to an aromatic ring is 1. The molecule has 0 spiro atoms. The van der Waals surface area contributed by atoms with E-state index in [0.717, 1.165) is 36.2 Å². The van der Waals surface area contributed by atoms with Crippen molar-refractivity contribution in [2.24, 2.45) is 7.05 Å². The molecule has 0 saturated carbocycles. The highest BCUT2D eigenvalue weighted by Crippen LogP contribution is 2.42. The standard InChI is InChI=1S/C34H39F3N8O3S/c1-19-26(18-45(40-19)24-13-14-43(5)34(3,4)16-24)25-17-39-32(38)29-30(41-44(6)31(25)29)22-9-12-27(42-49(46,47)33(36)37)28(15-22)48-20(2)21-7-10-23(35)11-8-21/h7-12,15,17-18,20,24,33,42H,13-14,16H2,1-6H3,(H2,38,39)/t20-,24?/m0/s1. The smallest absolute Gasteiger partial charge is 0.355 e. The van der Waals surface area contributed by atoms with Gasteiger partial charge in [0.1, 0.15) is 29.2 Å². The first-order valence-corrected chi connectivity index (χ1v) is 17.3. The largest absolute Gasteiger partial charge is 0.484 e. The molecule has 2 aromatic carbocycles. The van der Waals surface area contributed by atoms with E-state index in [0.29, 0.717) is 27.7 Å². The molecule has 1 aliphatic heterocycles. The molecule has 49 heavy (non-hydrogen) atoms. The maximum Gasteiger partial charge on any atom is 0.355 e. The number of aryl methyl sites for hydroxylation is 2. The SMILES string of the molecule is Cc1nn(C2CCN(C)C(C)(C)C2)cc1-c1cnc(N)c2c(-c3ccc(NS(=O)(=O)C(F)F)c(O[C@@H](C)c4ccc(F)cc4)c3)nn(C)c12. The maximum atomic E-state index is 13.6. The Balaban J connectivity index is 1.43. The zero-order valence-corrected chi connectivity index (χ0v) is 28.9. The fraction of sp³-hybridized carbons (Fsp3) is 0.382. The van der Waals surface area contributed by atoms with Crippen molar-refractivity contribution in [2.75, 3.05) is 24.0 Å². The van der Waals surface area contributed by atoms with E-state index in [1.807, 2.05) is 22.5 Å². The number of sulfonamides is 1. The minimum absolute atomic E-state index is 0.0317. The Hall–Kier alpha value is -4.63. The van der Waals surface area contributed by atoms with Gasteiger partial charge in [-0.3, -0.25) is 14.1 Å². The number of anilines is 2. The summed E-state index contributed by atoms with van der Waals surface area (Å²) in [7, 11) is -1.10. The van der Waals surface area contributed by atoms with Crippen LogP contribution < -0.4 is 15.2 Å². The fourth-order valence-electron chi connectivity index (χ4n) is 6.41. The number of pyridine rings is 1. The molecule has 0 bridgehead atoms. The molecule has 3 aromatic heterocycles. The highest BCUT2D eigenvalue weighted by atomic mass is 32.2. The highest BCUT2D eigenvalue weighted by Gasteiger charge is 2.34. The number of aromatic nitrogens is 5. The molecule has 4 heterocycles. The Morgan fingerprint density at radius 1 is 1.08 bits per heavy atom. The summed E-state index contributed by atoms with van der Waals surface area (Å²) in [5, 5.41) is 10.2. The van der Waals surface area contributed by atoms with Crippen molar-refractivity contribution in [1.29, 1.82) is 0 Å². The molecule has 0 amide bonds. The lowest BCUT2D eigenvalue weighted by Gasteiger charge is -2.43. The number of ether oxygens (including phenoxy) is 1. The first-order valence-electron chi connectivity index (χ1n) is 15.8. The molecule has 1 aliphatic rings. The van der Waals surface area contributed by atoms with Crippen molar-refractivity contribution >= 4 is 32.4 Å². The third kappa shape index (κ3) is 6.56. The van der Waals surface area contributed by atoms with Crippen LogP contribution in [0.4, 0.5) is 24.7 Å². The Morgan fingerprint density at radius 2 is 1.80 bits per heavy atom. The molecule has 11 nitrogen and oxygen atoms in total. The van der Waals surface area contributed by atoms with Crippen LogP contribution in [-0.2, 0) is 17.1 Å². The number of likely N-dealkylation sites (tertiary alicyclic amines) is 1. The average molecular weight is 697 g/mol. The van der Waals surface area contributed by atoms with Crippen molar-refractivity contribution in [3.8, 4) is 28.1 Å². The fourth-order valence-corrected chi connectivity index (χ4v) is 6.98. The topological polar surface area (TPSA) is 133 Å². The van der Waals surface area contributed by atoms with Crippen LogP contribution in [0.3, 0.4) is 0 Å². The number of rotatable bonds is 9. The molecule has 1 saturated heterocycles. The number of benzene rings is 2. The van der Waals surface area contributed by atoms with Gasteiger partial charge < -0.3 is 15.4 Å². The molecule has 260 valence electrons. The molecule has 1 unspecified atom stereocenters. The minimum Gasteiger partial charge on any atom is -0.484 e. The van der Waals surface area contributed by atoms with Crippen LogP contribution in [0.2, 0.25) is 0 Å². The van der Waals surface area contributed by atoms with Gasteiger partial charge in [0.05, 0.1) is 28.3 Å². The van der Waals surface area contributed by atoms with Gasteiger partial charge in [0.25, 0.3) is 10.0 Å². The number of nitrogens with two attached hydrogens (primary N) is 1. The van der Waals surface area contributed by atoms with Crippen LogP contribution in [0.25, 0.3) is 33.3 Å². The Morgan fingerprint density at radius 3 is 2.47 bits per heavy atom. The lowest BCUT2D eigenvalue weighted by molar-refractivity contribution is 0.0718. The summed E-state index contributed by atoms with van der Waals surface area (Å²) in [6.07, 6.45) is 4.96. The normalized spacial score (nSPS) is 17.5. The zero-order chi connectivity index (χ0) is 35.4. The van der Waals surface area contributed by atoms with E-state index in [-0.39, 0.29) is 28.8 Å². The summed E-state index contributed by atoms with van der Waals surface area (Å²) in [6.45, 7) is 9.06. The van der Waals surface area contributed by atoms with Crippen molar-refractivity contribution in [3.63, 3.8) is 0 Å². The van der Waals surface area contributed by atoms with Crippen molar-refractivity contribution in [1.82, 2.24) is 29.4 Å². The number of nitrogens with one attached hydrogen (secondary N) is 1. The monoisotopic (exact) mass is 696 g/mol. The van der Waals surface area contributed by atoms with Gasteiger partial charge in [0, 0.05) is 48.2 Å². The number of hydrogen-bond acceptors (Lipinski definition) is 8. The summed E-state index contributed by atoms with van der Waals surface area (Å²) in [6, 6.07) is 10.2. The number of piperidine rings is 1. The summed E-state index contributed by atoms with van der Waals surface area (Å²) >= 11 is 0. The Kier molecular flexibility index (Phi) is 8.86. The van der Waals surface area contributed by atoms with E-state index < -0.39 is 27.7 Å². The van der Waals surface area contributed by atoms with E-state index >= 15 is 0 Å². The number of nitrogens with zero attached hydrogens (tertiary/aromatic N) is 6. The summed E-state index contributed by atoms with van der Waals surface area (Å²) in [4.78, 5) is 6.89. The van der Waals surface area contributed by atoms with E-state index in [9.17, 15) is 21.6 Å². The summed E-state index contributed by atoms with van der Waals surface area (Å²) < 4.78 is 76.4. The lowest BCUT2D eigenvalue weighted by atomic mass is 9.87. The average Bonchev–Trinajstić information content (AvgIpc) is 3.60. The van der Waals surface area contributed by atoms with Gasteiger partial charge in [-0.2, -0.15) is 19.0 Å². The second kappa shape index (κ2) is 12.7. The Bertz CT molecular complexity index is 2130. The predicted octanol–water partition coefficient (Wildman–Crippen LogP) is 6.68. The quantitative estimate of drug-likeness (QED) is 0.175. The van der Waals surface area contributed by atoms with E-state index in [4.69, 9.17) is 20.7 Å². The summed E-state index contributed by atoms with van der Waals surface area (Å²) in [5.74, 6) is -3.94. The first kappa shape index (κ1) is 34.2. The van der Waals surface area contributed by atoms with Crippen LogP contribution in [0.1, 0.15) is 57.0 Å². The third-order valence-corrected chi connectivity index (χ3v) is 10.4. The molecular weight excluding hydrogens is 657 g/mol. The van der Waals surface area contributed by atoms with Gasteiger partial charge in [0.15, 0.2) is 0 Å². The Labute approximate surface area is 282 Å². The minimum atomic E-state index is -5.02.